The van der Waals surface area contributed by atoms with E-state index < -0.39 is 15.4 Å². The first kappa shape index (κ1) is 19.9. The minimum Gasteiger partial charge on any atom is -0.339 e. The van der Waals surface area contributed by atoms with Gasteiger partial charge in [-0.1, -0.05) is 5.16 Å². The second-order valence-electron chi connectivity index (χ2n) is 7.89. The van der Waals surface area contributed by atoms with Gasteiger partial charge in [0.15, 0.2) is 5.82 Å². The molecule has 29 heavy (non-hydrogen) atoms. The number of rotatable bonds is 5. The topological polar surface area (TPSA) is 131 Å². The van der Waals surface area contributed by atoms with Gasteiger partial charge in [-0.25, -0.2) is 18.1 Å². The van der Waals surface area contributed by atoms with Crippen LogP contribution < -0.4 is 4.72 Å². The van der Waals surface area contributed by atoms with Gasteiger partial charge in [-0.15, -0.1) is 0 Å². The molecule has 1 aliphatic carbocycles. The van der Waals surface area contributed by atoms with Crippen LogP contribution in [0.2, 0.25) is 0 Å². The highest BCUT2D eigenvalue weighted by Crippen LogP contribution is 2.50. The fraction of sp³-hybridized carbons (Fsp3) is 0.611. The van der Waals surface area contributed by atoms with Crippen molar-refractivity contribution in [1.82, 2.24) is 29.7 Å². The van der Waals surface area contributed by atoms with Crippen LogP contribution in [-0.4, -0.2) is 64.2 Å². The Morgan fingerprint density at radius 3 is 2.76 bits per heavy atom. The Bertz CT molecular complexity index is 1020. The zero-order chi connectivity index (χ0) is 20.8. The maximum Gasteiger partial charge on any atom is 0.274 e. The number of likely N-dealkylation sites (tertiary alicyclic amines) is 1. The zero-order valence-electron chi connectivity index (χ0n) is 16.6. The minimum absolute atomic E-state index is 0.00858. The van der Waals surface area contributed by atoms with E-state index in [-0.39, 0.29) is 29.3 Å². The quantitative estimate of drug-likeness (QED) is 0.743. The van der Waals surface area contributed by atoms with Gasteiger partial charge >= 0.3 is 0 Å². The van der Waals surface area contributed by atoms with E-state index in [9.17, 15) is 13.2 Å². The largest absolute Gasteiger partial charge is 0.339 e. The number of nitrogens with one attached hydrogen (secondary N) is 1. The normalized spacial score (nSPS) is 26.7. The standard InChI is InChI=1S/C18H24N6O4S/c1-4-29(26,27)23-14-5-13-9-24(16(25)15-8-19-11(2)7-20-15)10-18(13,6-14)17-21-12(3)22-28-17/h7-8,13-14,23H,4-6,9-10H2,1-3H3/t13?,14-,18+/m1/s1. The summed E-state index contributed by atoms with van der Waals surface area (Å²) in [6.07, 6.45) is 4.15. The molecule has 1 amide bonds. The molecule has 0 radical (unpaired) electrons. The van der Waals surface area contributed by atoms with Gasteiger partial charge in [0, 0.05) is 25.3 Å². The Kier molecular flexibility index (Phi) is 4.89. The highest BCUT2D eigenvalue weighted by molar-refractivity contribution is 7.89. The van der Waals surface area contributed by atoms with Gasteiger partial charge in [-0.3, -0.25) is 9.78 Å². The number of hydrogen-bond donors (Lipinski definition) is 1. The van der Waals surface area contributed by atoms with Crippen LogP contribution in [0.25, 0.3) is 0 Å². The predicted octanol–water partition coefficient (Wildman–Crippen LogP) is 0.588. The molecule has 0 aromatic carbocycles. The first-order valence-corrected chi connectivity index (χ1v) is 11.3. The first-order chi connectivity index (χ1) is 13.7. The summed E-state index contributed by atoms with van der Waals surface area (Å²) >= 11 is 0. The molecule has 1 aliphatic heterocycles. The molecule has 3 atom stereocenters. The van der Waals surface area contributed by atoms with Gasteiger partial charge in [0.25, 0.3) is 5.91 Å². The number of carbonyl (C=O) groups excluding carboxylic acids is 1. The van der Waals surface area contributed by atoms with Crippen molar-refractivity contribution in [2.24, 2.45) is 5.92 Å². The molecule has 1 N–H and O–H groups in total. The van der Waals surface area contributed by atoms with Gasteiger partial charge in [0.2, 0.25) is 15.9 Å². The predicted molar refractivity (Wildman–Crippen MR) is 102 cm³/mol. The molecule has 1 unspecified atom stereocenters. The Morgan fingerprint density at radius 1 is 1.34 bits per heavy atom. The average Bonchev–Trinajstić information content (AvgIpc) is 3.34. The lowest BCUT2D eigenvalue weighted by molar-refractivity contribution is 0.0767. The Hall–Kier alpha value is -2.40. The summed E-state index contributed by atoms with van der Waals surface area (Å²) in [5.41, 5.74) is 0.454. The number of sulfonamides is 1. The highest BCUT2D eigenvalue weighted by atomic mass is 32.2. The van der Waals surface area contributed by atoms with E-state index in [0.717, 1.165) is 5.69 Å². The summed E-state index contributed by atoms with van der Waals surface area (Å²) < 4.78 is 32.4. The maximum absolute atomic E-state index is 13.0. The third-order valence-corrected chi connectivity index (χ3v) is 7.29. The summed E-state index contributed by atoms with van der Waals surface area (Å²) in [7, 11) is -3.33. The lowest BCUT2D eigenvalue weighted by Gasteiger charge is -2.25. The molecule has 156 valence electrons. The first-order valence-electron chi connectivity index (χ1n) is 9.61. The molecule has 1 saturated carbocycles. The van der Waals surface area contributed by atoms with E-state index in [2.05, 4.69) is 24.8 Å². The third-order valence-electron chi connectivity index (χ3n) is 5.84. The van der Waals surface area contributed by atoms with E-state index in [4.69, 9.17) is 4.52 Å². The monoisotopic (exact) mass is 420 g/mol. The third kappa shape index (κ3) is 3.64. The fourth-order valence-electron chi connectivity index (χ4n) is 4.45. The average molecular weight is 420 g/mol. The van der Waals surface area contributed by atoms with E-state index in [1.165, 1.54) is 6.20 Å². The molecule has 11 heteroatoms. The van der Waals surface area contributed by atoms with Crippen LogP contribution in [0.15, 0.2) is 16.9 Å². The van der Waals surface area contributed by atoms with Gasteiger partial charge in [-0.2, -0.15) is 4.98 Å². The summed E-state index contributed by atoms with van der Waals surface area (Å²) in [6, 6.07) is -0.228. The Balaban J connectivity index is 1.61. The molecule has 0 spiro atoms. The smallest absolute Gasteiger partial charge is 0.274 e. The number of aryl methyl sites for hydroxylation is 2. The van der Waals surface area contributed by atoms with Gasteiger partial charge in [-0.05, 0) is 39.5 Å². The number of aromatic nitrogens is 4. The molecule has 0 bridgehead atoms. The van der Waals surface area contributed by atoms with Crippen molar-refractivity contribution in [3.8, 4) is 0 Å². The van der Waals surface area contributed by atoms with Crippen molar-refractivity contribution in [3.63, 3.8) is 0 Å². The van der Waals surface area contributed by atoms with Crippen molar-refractivity contribution in [2.45, 2.75) is 45.1 Å². The van der Waals surface area contributed by atoms with E-state index >= 15 is 0 Å². The summed E-state index contributed by atoms with van der Waals surface area (Å²) in [6.45, 7) is 6.01. The van der Waals surface area contributed by atoms with E-state index in [0.29, 0.717) is 37.6 Å². The maximum atomic E-state index is 13.0. The molecular formula is C18H24N6O4S. The summed E-state index contributed by atoms with van der Waals surface area (Å²) in [4.78, 5) is 27.5. The van der Waals surface area contributed by atoms with Crippen LogP contribution in [0.3, 0.4) is 0 Å². The van der Waals surface area contributed by atoms with Gasteiger partial charge in [0.1, 0.15) is 5.69 Å². The van der Waals surface area contributed by atoms with Crippen LogP contribution >= 0.6 is 0 Å². The number of hydrogen-bond acceptors (Lipinski definition) is 8. The summed E-state index contributed by atoms with van der Waals surface area (Å²) in [5.74, 6) is 0.809. The van der Waals surface area contributed by atoms with E-state index in [1.54, 1.807) is 24.9 Å². The second-order valence-corrected chi connectivity index (χ2v) is 9.93. The summed E-state index contributed by atoms with van der Waals surface area (Å²) in [5, 5.41) is 3.92. The molecule has 4 rings (SSSR count). The molecule has 2 aromatic rings. The van der Waals surface area contributed by atoms with Crippen molar-refractivity contribution < 1.29 is 17.7 Å². The minimum atomic E-state index is -3.33. The molecular weight excluding hydrogens is 396 g/mol. The Labute approximate surface area is 169 Å². The van der Waals surface area contributed by atoms with Crippen LogP contribution in [0, 0.1) is 19.8 Å². The number of carbonyl (C=O) groups is 1. The molecule has 10 nitrogen and oxygen atoms in total. The lowest BCUT2D eigenvalue weighted by atomic mass is 9.80. The molecule has 2 aliphatic rings. The van der Waals surface area contributed by atoms with Crippen molar-refractivity contribution in [3.05, 3.63) is 35.5 Å². The number of nitrogens with zero attached hydrogens (tertiary/aromatic N) is 5. The second kappa shape index (κ2) is 7.13. The highest BCUT2D eigenvalue weighted by Gasteiger charge is 2.58. The van der Waals surface area contributed by atoms with Crippen LogP contribution in [0.4, 0.5) is 0 Å². The van der Waals surface area contributed by atoms with Crippen molar-refractivity contribution in [1.29, 1.82) is 0 Å². The molecule has 1 saturated heterocycles. The molecule has 3 heterocycles. The molecule has 2 aromatic heterocycles. The van der Waals surface area contributed by atoms with Crippen LogP contribution in [0.5, 0.6) is 0 Å². The van der Waals surface area contributed by atoms with Gasteiger partial charge in [0.05, 0.1) is 23.1 Å². The fourth-order valence-corrected chi connectivity index (χ4v) is 5.30. The number of amides is 1. The number of fused-ring (bicyclic) bond motifs is 1. The van der Waals surface area contributed by atoms with Crippen molar-refractivity contribution in [2.75, 3.05) is 18.8 Å². The van der Waals surface area contributed by atoms with Crippen molar-refractivity contribution >= 4 is 15.9 Å². The zero-order valence-corrected chi connectivity index (χ0v) is 17.4. The van der Waals surface area contributed by atoms with E-state index in [1.807, 2.05) is 6.92 Å². The van der Waals surface area contributed by atoms with Gasteiger partial charge < -0.3 is 9.42 Å². The Morgan fingerprint density at radius 2 is 2.14 bits per heavy atom. The lowest BCUT2D eigenvalue weighted by Crippen LogP contribution is -2.40. The van der Waals surface area contributed by atoms with Crippen LogP contribution in [0.1, 0.15) is 47.7 Å². The van der Waals surface area contributed by atoms with Crippen LogP contribution in [-0.2, 0) is 15.4 Å². The SMILES string of the molecule is CCS(=O)(=O)N[C@@H]1CC2CN(C(=O)c3cnc(C)cn3)C[C@@]2(c2nc(C)no2)C1. The molecule has 2 fully saturated rings.